The monoisotopic (exact) mass is 339 g/mol. The SMILES string of the molecule is O=C(Nc1ccon1)C1(c2cc(-c3ccc4c(c3)OCO4)on2)CC1. The van der Waals surface area contributed by atoms with Gasteiger partial charge in [0.1, 0.15) is 6.26 Å². The van der Waals surface area contributed by atoms with Gasteiger partial charge in [-0.1, -0.05) is 10.3 Å². The summed E-state index contributed by atoms with van der Waals surface area (Å²) in [5, 5.41) is 10.6. The Morgan fingerprint density at radius 3 is 2.76 bits per heavy atom. The number of rotatable bonds is 4. The molecule has 1 aliphatic heterocycles. The molecular weight excluding hydrogens is 326 g/mol. The van der Waals surface area contributed by atoms with Crippen LogP contribution in [0.1, 0.15) is 18.5 Å². The minimum absolute atomic E-state index is 0.160. The molecule has 8 heteroatoms. The zero-order chi connectivity index (χ0) is 16.9. The molecule has 2 aromatic heterocycles. The minimum atomic E-state index is -0.670. The van der Waals surface area contributed by atoms with Crippen molar-refractivity contribution in [2.45, 2.75) is 18.3 Å². The van der Waals surface area contributed by atoms with Gasteiger partial charge in [0.25, 0.3) is 0 Å². The van der Waals surface area contributed by atoms with Gasteiger partial charge in [-0.05, 0) is 31.0 Å². The zero-order valence-corrected chi connectivity index (χ0v) is 13.0. The molecule has 0 unspecified atom stereocenters. The van der Waals surface area contributed by atoms with Crippen molar-refractivity contribution < 1.29 is 23.3 Å². The summed E-state index contributed by atoms with van der Waals surface area (Å²) in [5.41, 5.74) is 0.758. The Balaban J connectivity index is 1.41. The molecule has 1 aliphatic carbocycles. The second kappa shape index (κ2) is 5.10. The first kappa shape index (κ1) is 14.1. The van der Waals surface area contributed by atoms with Crippen molar-refractivity contribution in [3.05, 3.63) is 42.3 Å². The highest BCUT2D eigenvalue weighted by Crippen LogP contribution is 2.49. The van der Waals surface area contributed by atoms with E-state index in [0.29, 0.717) is 41.6 Å². The lowest BCUT2D eigenvalue weighted by Gasteiger charge is -2.09. The molecule has 5 rings (SSSR count). The van der Waals surface area contributed by atoms with E-state index < -0.39 is 5.41 Å². The van der Waals surface area contributed by atoms with Crippen molar-refractivity contribution in [3.63, 3.8) is 0 Å². The topological polar surface area (TPSA) is 99.6 Å². The second-order valence-corrected chi connectivity index (χ2v) is 6.07. The first-order valence-corrected chi connectivity index (χ1v) is 7.84. The van der Waals surface area contributed by atoms with Crippen LogP contribution in [0.25, 0.3) is 11.3 Å². The van der Waals surface area contributed by atoms with Gasteiger partial charge in [0.2, 0.25) is 12.7 Å². The quantitative estimate of drug-likeness (QED) is 0.780. The Morgan fingerprint density at radius 2 is 1.96 bits per heavy atom. The predicted octanol–water partition coefficient (Wildman–Crippen LogP) is 2.73. The molecule has 1 fully saturated rings. The highest BCUT2D eigenvalue weighted by molar-refractivity contribution is 6.00. The van der Waals surface area contributed by atoms with E-state index in [4.69, 9.17) is 18.5 Å². The maximum atomic E-state index is 12.6. The number of ether oxygens (including phenoxy) is 2. The molecule has 1 amide bonds. The second-order valence-electron chi connectivity index (χ2n) is 6.07. The van der Waals surface area contributed by atoms with Crippen molar-refractivity contribution in [1.82, 2.24) is 10.3 Å². The van der Waals surface area contributed by atoms with Gasteiger partial charge < -0.3 is 23.8 Å². The van der Waals surface area contributed by atoms with Crippen LogP contribution < -0.4 is 14.8 Å². The van der Waals surface area contributed by atoms with E-state index in [1.165, 1.54) is 6.26 Å². The van der Waals surface area contributed by atoms with Crippen molar-refractivity contribution in [2.75, 3.05) is 12.1 Å². The first-order chi connectivity index (χ1) is 12.2. The zero-order valence-electron chi connectivity index (χ0n) is 13.0. The summed E-state index contributed by atoms with van der Waals surface area (Å²) in [4.78, 5) is 12.6. The van der Waals surface area contributed by atoms with E-state index in [-0.39, 0.29) is 12.7 Å². The van der Waals surface area contributed by atoms with Crippen LogP contribution >= 0.6 is 0 Å². The average Bonchev–Trinajstić information content (AvgIpc) is 3.06. The number of benzene rings is 1. The fourth-order valence-electron chi connectivity index (χ4n) is 2.92. The fourth-order valence-corrected chi connectivity index (χ4v) is 2.92. The van der Waals surface area contributed by atoms with Crippen molar-refractivity contribution >= 4 is 11.7 Å². The van der Waals surface area contributed by atoms with Gasteiger partial charge in [-0.15, -0.1) is 0 Å². The van der Waals surface area contributed by atoms with Crippen molar-refractivity contribution in [2.24, 2.45) is 0 Å². The standard InChI is InChI=1S/C17H13N3O5/c21-16(18-15-3-6-24-20-15)17(4-5-17)14-8-12(25-19-14)10-1-2-11-13(7-10)23-9-22-11/h1-3,6-8H,4-5,9H2,(H,18,20,21). The molecule has 3 aromatic rings. The number of carbonyl (C=O) groups is 1. The first-order valence-electron chi connectivity index (χ1n) is 7.84. The average molecular weight is 339 g/mol. The van der Waals surface area contributed by atoms with Crippen LogP contribution in [0, 0.1) is 0 Å². The highest BCUT2D eigenvalue weighted by atomic mass is 16.7. The summed E-state index contributed by atoms with van der Waals surface area (Å²) in [7, 11) is 0. The minimum Gasteiger partial charge on any atom is -0.454 e. The van der Waals surface area contributed by atoms with Crippen LogP contribution in [-0.4, -0.2) is 23.0 Å². The highest BCUT2D eigenvalue weighted by Gasteiger charge is 2.54. The van der Waals surface area contributed by atoms with Crippen LogP contribution in [0.2, 0.25) is 0 Å². The molecule has 126 valence electrons. The van der Waals surface area contributed by atoms with Gasteiger partial charge in [-0.2, -0.15) is 0 Å². The number of fused-ring (bicyclic) bond motifs is 1. The molecular formula is C17H13N3O5. The van der Waals surface area contributed by atoms with Gasteiger partial charge in [-0.25, -0.2) is 0 Å². The number of hydrogen-bond acceptors (Lipinski definition) is 7. The predicted molar refractivity (Wildman–Crippen MR) is 84.1 cm³/mol. The molecule has 3 heterocycles. The van der Waals surface area contributed by atoms with Crippen LogP contribution in [0.5, 0.6) is 11.5 Å². The smallest absolute Gasteiger partial charge is 0.238 e. The van der Waals surface area contributed by atoms with Gasteiger partial charge in [-0.3, -0.25) is 4.79 Å². The molecule has 0 bridgehead atoms. The third kappa shape index (κ3) is 2.25. The normalized spacial score (nSPS) is 16.6. The van der Waals surface area contributed by atoms with E-state index in [1.807, 2.05) is 18.2 Å². The summed E-state index contributed by atoms with van der Waals surface area (Å²) in [6, 6.07) is 8.92. The van der Waals surface area contributed by atoms with Crippen LogP contribution in [0.15, 0.2) is 45.6 Å². The molecule has 0 saturated heterocycles. The maximum Gasteiger partial charge on any atom is 0.238 e. The summed E-state index contributed by atoms with van der Waals surface area (Å²) in [6.07, 6.45) is 2.83. The lowest BCUT2D eigenvalue weighted by Crippen LogP contribution is -2.28. The third-order valence-electron chi connectivity index (χ3n) is 4.52. The molecule has 25 heavy (non-hydrogen) atoms. The summed E-state index contributed by atoms with van der Waals surface area (Å²) >= 11 is 0. The van der Waals surface area contributed by atoms with E-state index in [1.54, 1.807) is 12.1 Å². The Hall–Kier alpha value is -3.29. The van der Waals surface area contributed by atoms with Crippen LogP contribution in [-0.2, 0) is 10.2 Å². The van der Waals surface area contributed by atoms with Gasteiger partial charge in [0.05, 0.1) is 11.1 Å². The van der Waals surface area contributed by atoms with Crippen LogP contribution in [0.4, 0.5) is 5.82 Å². The molecule has 0 spiro atoms. The lowest BCUT2D eigenvalue weighted by atomic mass is 10.0. The molecule has 1 aromatic carbocycles. The Bertz CT molecular complexity index is 943. The van der Waals surface area contributed by atoms with E-state index >= 15 is 0 Å². The number of carbonyl (C=O) groups excluding carboxylic acids is 1. The fraction of sp³-hybridized carbons (Fsp3) is 0.235. The van der Waals surface area contributed by atoms with E-state index in [9.17, 15) is 4.79 Å². The number of nitrogens with zero attached hydrogens (tertiary/aromatic N) is 2. The molecule has 8 nitrogen and oxygen atoms in total. The van der Waals surface area contributed by atoms with Crippen molar-refractivity contribution in [3.8, 4) is 22.8 Å². The number of nitrogens with one attached hydrogen (secondary N) is 1. The van der Waals surface area contributed by atoms with Gasteiger partial charge in [0, 0.05) is 17.7 Å². The molecule has 0 radical (unpaired) electrons. The van der Waals surface area contributed by atoms with Gasteiger partial charge in [0.15, 0.2) is 23.1 Å². The largest absolute Gasteiger partial charge is 0.454 e. The van der Waals surface area contributed by atoms with Gasteiger partial charge >= 0.3 is 0 Å². The molecule has 2 aliphatic rings. The van der Waals surface area contributed by atoms with E-state index in [0.717, 1.165) is 5.56 Å². The van der Waals surface area contributed by atoms with Crippen LogP contribution in [0.3, 0.4) is 0 Å². The Kier molecular flexibility index (Phi) is 2.87. The maximum absolute atomic E-state index is 12.6. The molecule has 0 atom stereocenters. The number of hydrogen-bond donors (Lipinski definition) is 1. The van der Waals surface area contributed by atoms with Crippen molar-refractivity contribution in [1.29, 1.82) is 0 Å². The summed E-state index contributed by atoms with van der Waals surface area (Å²) in [6.45, 7) is 0.214. The lowest BCUT2D eigenvalue weighted by molar-refractivity contribution is -0.118. The number of amides is 1. The summed E-state index contributed by atoms with van der Waals surface area (Å²) in [5.74, 6) is 2.17. The molecule has 1 N–H and O–H groups in total. The number of anilines is 1. The molecule has 1 saturated carbocycles. The Morgan fingerprint density at radius 1 is 1.08 bits per heavy atom. The Labute approximate surface area is 141 Å². The number of aromatic nitrogens is 2. The van der Waals surface area contributed by atoms with E-state index in [2.05, 4.69) is 15.6 Å². The third-order valence-corrected chi connectivity index (χ3v) is 4.52. The summed E-state index contributed by atoms with van der Waals surface area (Å²) < 4.78 is 20.9.